The number of benzene rings is 1. The van der Waals surface area contributed by atoms with Crippen LogP contribution in [0.3, 0.4) is 0 Å². The molecule has 0 bridgehead atoms. The van der Waals surface area contributed by atoms with Crippen LogP contribution in [-0.4, -0.2) is 80.0 Å². The van der Waals surface area contributed by atoms with Gasteiger partial charge in [0, 0.05) is 45.0 Å². The van der Waals surface area contributed by atoms with Crippen molar-refractivity contribution in [1.29, 1.82) is 0 Å². The average molecular weight is 521 g/mol. The van der Waals surface area contributed by atoms with E-state index in [9.17, 15) is 18.3 Å². The second kappa shape index (κ2) is 10.2. The molecule has 2 aliphatic rings. The number of aliphatic hydroxyl groups is 1. The molecule has 2 aromatic rings. The monoisotopic (exact) mass is 520 g/mol. The van der Waals surface area contributed by atoms with E-state index in [4.69, 9.17) is 0 Å². The van der Waals surface area contributed by atoms with E-state index in [-0.39, 0.29) is 23.9 Å². The lowest BCUT2D eigenvalue weighted by molar-refractivity contribution is -0.130. The first-order chi connectivity index (χ1) is 16.5. The highest BCUT2D eigenvalue weighted by Gasteiger charge is 2.39. The van der Waals surface area contributed by atoms with Gasteiger partial charge in [-0.15, -0.1) is 11.3 Å². The third kappa shape index (κ3) is 5.56. The van der Waals surface area contributed by atoms with Gasteiger partial charge in [0.25, 0.3) is 10.0 Å². The lowest BCUT2D eigenvalue weighted by Gasteiger charge is -2.46. The number of nitrogens with zero attached hydrogens (tertiary/aromatic N) is 3. The maximum atomic E-state index is 13.3. The number of anilines is 1. The molecule has 8 nitrogen and oxygen atoms in total. The summed E-state index contributed by atoms with van der Waals surface area (Å²) in [5.41, 5.74) is 0.875. The van der Waals surface area contributed by atoms with E-state index in [1.54, 1.807) is 35.7 Å². The summed E-state index contributed by atoms with van der Waals surface area (Å²) in [7, 11) is -3.57. The number of sulfonamides is 1. The second-order valence-corrected chi connectivity index (χ2v) is 13.3. The van der Waals surface area contributed by atoms with Crippen LogP contribution in [-0.2, 0) is 20.4 Å². The summed E-state index contributed by atoms with van der Waals surface area (Å²) in [6.45, 7) is 10.8. The van der Waals surface area contributed by atoms with Crippen molar-refractivity contribution in [3.63, 3.8) is 0 Å². The fraction of sp³-hybridized carbons (Fsp3) is 0.560. The van der Waals surface area contributed by atoms with Crippen LogP contribution in [0.4, 0.5) is 5.69 Å². The molecular formula is C25H36N4O4S2. The van der Waals surface area contributed by atoms with Crippen molar-refractivity contribution in [1.82, 2.24) is 14.5 Å². The Morgan fingerprint density at radius 1 is 1.14 bits per heavy atom. The number of piperazine rings is 2. The summed E-state index contributed by atoms with van der Waals surface area (Å²) in [6.07, 6.45) is 0. The van der Waals surface area contributed by atoms with Gasteiger partial charge < -0.3 is 15.3 Å². The summed E-state index contributed by atoms with van der Waals surface area (Å²) in [5, 5.41) is 15.1. The molecule has 2 fully saturated rings. The predicted octanol–water partition coefficient (Wildman–Crippen LogP) is 2.31. The fourth-order valence-electron chi connectivity index (χ4n) is 5.07. The molecule has 35 heavy (non-hydrogen) atoms. The van der Waals surface area contributed by atoms with Gasteiger partial charge in [0.05, 0.1) is 17.7 Å². The zero-order chi connectivity index (χ0) is 25.4. The molecule has 2 N–H and O–H groups in total. The van der Waals surface area contributed by atoms with Crippen LogP contribution in [0.25, 0.3) is 0 Å². The lowest BCUT2D eigenvalue weighted by atomic mass is 9.97. The van der Waals surface area contributed by atoms with Crippen molar-refractivity contribution >= 4 is 33.0 Å². The molecule has 1 amide bonds. The maximum absolute atomic E-state index is 13.3. The molecule has 2 atom stereocenters. The van der Waals surface area contributed by atoms with Crippen molar-refractivity contribution in [2.45, 2.75) is 49.6 Å². The van der Waals surface area contributed by atoms with E-state index >= 15 is 0 Å². The molecule has 1 aromatic heterocycles. The second-order valence-electron chi connectivity index (χ2n) is 10.2. The molecule has 0 radical (unpaired) electrons. The number of amides is 1. The van der Waals surface area contributed by atoms with Crippen molar-refractivity contribution in [3.05, 3.63) is 47.3 Å². The van der Waals surface area contributed by atoms with E-state index in [1.807, 2.05) is 38.1 Å². The number of hydrogen-bond acceptors (Lipinski definition) is 7. The van der Waals surface area contributed by atoms with Gasteiger partial charge in [0.1, 0.15) is 4.21 Å². The molecule has 3 heterocycles. The first kappa shape index (κ1) is 26.1. The highest BCUT2D eigenvalue weighted by Crippen LogP contribution is 2.29. The van der Waals surface area contributed by atoms with Crippen LogP contribution in [0.1, 0.15) is 33.3 Å². The number of thiophene rings is 1. The van der Waals surface area contributed by atoms with Gasteiger partial charge in [0.15, 0.2) is 0 Å². The number of rotatable bonds is 7. The molecule has 2 aliphatic heterocycles. The minimum absolute atomic E-state index is 0.0335. The molecule has 0 unspecified atom stereocenters. The Bertz CT molecular complexity index is 1110. The highest BCUT2D eigenvalue weighted by atomic mass is 32.2. The van der Waals surface area contributed by atoms with Crippen LogP contribution in [0.2, 0.25) is 0 Å². The Kier molecular flexibility index (Phi) is 7.59. The first-order valence-corrected chi connectivity index (χ1v) is 14.5. The van der Waals surface area contributed by atoms with Crippen LogP contribution in [0, 0.1) is 5.92 Å². The smallest absolute Gasteiger partial charge is 0.252 e. The summed E-state index contributed by atoms with van der Waals surface area (Å²) < 4.78 is 28.6. The van der Waals surface area contributed by atoms with E-state index in [2.05, 4.69) is 15.1 Å². The minimum atomic E-state index is -3.57. The van der Waals surface area contributed by atoms with Gasteiger partial charge in [0.2, 0.25) is 5.91 Å². The van der Waals surface area contributed by atoms with Crippen molar-refractivity contribution < 1.29 is 18.3 Å². The molecule has 2 saturated heterocycles. The van der Waals surface area contributed by atoms with Gasteiger partial charge in [-0.25, -0.2) is 8.42 Å². The Labute approximate surface area is 212 Å². The highest BCUT2D eigenvalue weighted by molar-refractivity contribution is 7.91. The van der Waals surface area contributed by atoms with Gasteiger partial charge in [-0.1, -0.05) is 32.0 Å². The first-order valence-electron chi connectivity index (χ1n) is 12.1. The molecular weight excluding hydrogens is 484 g/mol. The normalized spacial score (nSPS) is 23.0. The molecule has 0 aliphatic carbocycles. The van der Waals surface area contributed by atoms with Crippen LogP contribution >= 0.6 is 11.3 Å². The fourth-order valence-corrected chi connectivity index (χ4v) is 7.68. The minimum Gasteiger partial charge on any atom is -0.386 e. The van der Waals surface area contributed by atoms with Gasteiger partial charge in [-0.05, 0) is 48.9 Å². The summed E-state index contributed by atoms with van der Waals surface area (Å²) in [5.74, 6) is 0.176. The molecule has 0 spiro atoms. The Balaban J connectivity index is 1.63. The molecule has 192 valence electrons. The maximum Gasteiger partial charge on any atom is 0.252 e. The molecule has 0 saturated carbocycles. The van der Waals surface area contributed by atoms with Crippen molar-refractivity contribution in [2.75, 3.05) is 44.2 Å². The van der Waals surface area contributed by atoms with E-state index in [1.165, 1.54) is 11.3 Å². The third-order valence-electron chi connectivity index (χ3n) is 6.88. The largest absolute Gasteiger partial charge is 0.386 e. The number of carbonyl (C=O) groups excluding carboxylic acids is 1. The average Bonchev–Trinajstić information content (AvgIpc) is 3.34. The van der Waals surface area contributed by atoms with Crippen molar-refractivity contribution in [3.8, 4) is 0 Å². The number of carbonyl (C=O) groups is 1. The van der Waals surface area contributed by atoms with Crippen molar-refractivity contribution in [2.24, 2.45) is 5.92 Å². The zero-order valence-corrected chi connectivity index (χ0v) is 22.5. The van der Waals surface area contributed by atoms with Gasteiger partial charge >= 0.3 is 0 Å². The number of nitrogens with one attached hydrogen (secondary N) is 1. The predicted molar refractivity (Wildman–Crippen MR) is 139 cm³/mol. The van der Waals surface area contributed by atoms with E-state index in [0.717, 1.165) is 17.8 Å². The lowest BCUT2D eigenvalue weighted by Crippen LogP contribution is -2.63. The van der Waals surface area contributed by atoms with Gasteiger partial charge in [-0.3, -0.25) is 9.69 Å². The Morgan fingerprint density at radius 2 is 1.86 bits per heavy atom. The molecule has 10 heteroatoms. The molecule has 4 rings (SSSR count). The summed E-state index contributed by atoms with van der Waals surface area (Å²) >= 11 is 1.24. The summed E-state index contributed by atoms with van der Waals surface area (Å²) in [4.78, 5) is 17.1. The topological polar surface area (TPSA) is 93.2 Å². The third-order valence-corrected chi connectivity index (χ3v) is 10.1. The Morgan fingerprint density at radius 3 is 2.46 bits per heavy atom. The van der Waals surface area contributed by atoms with Crippen LogP contribution < -0.4 is 10.2 Å². The van der Waals surface area contributed by atoms with Crippen LogP contribution in [0.5, 0.6) is 0 Å². The van der Waals surface area contributed by atoms with E-state index in [0.29, 0.717) is 36.9 Å². The molecule has 1 aromatic carbocycles. The zero-order valence-electron chi connectivity index (χ0n) is 20.8. The standard InChI is InChI=1S/C25H36N4O4S2/c1-18(2)23-24(30)26-11-12-27(23)16-21-17-28(35(32,33)22-6-5-15-34-22)13-14-29(21)20-9-7-19(8-10-20)25(3,4)31/h5-10,15,18,21,23,31H,11-14,16-17H2,1-4H3,(H,26,30)/t21-,23-/m0/s1. The SMILES string of the molecule is CC(C)[C@H]1C(=O)NCCN1C[C@H]1CN(S(=O)(=O)c2cccs2)CCN1c1ccc(C(C)(C)O)cc1. The van der Waals surface area contributed by atoms with Gasteiger partial charge in [-0.2, -0.15) is 4.31 Å². The van der Waals surface area contributed by atoms with E-state index < -0.39 is 15.6 Å². The quantitative estimate of drug-likeness (QED) is 0.582. The summed E-state index contributed by atoms with van der Waals surface area (Å²) in [6, 6.07) is 10.9. The Hall–Kier alpha value is -1.98. The van der Waals surface area contributed by atoms with Crippen LogP contribution in [0.15, 0.2) is 46.0 Å². The number of hydrogen-bond donors (Lipinski definition) is 2.